The van der Waals surface area contributed by atoms with E-state index in [1.165, 1.54) is 16.9 Å². The van der Waals surface area contributed by atoms with E-state index < -0.39 is 23.7 Å². The summed E-state index contributed by atoms with van der Waals surface area (Å²) in [6, 6.07) is 1.64. The summed E-state index contributed by atoms with van der Waals surface area (Å²) in [4.78, 5) is 21.2. The molecular formula is C20H21F3N6O2. The fraction of sp³-hybridized carbons (Fsp3) is 0.450. The molecule has 0 bridgehead atoms. The van der Waals surface area contributed by atoms with E-state index in [1.807, 2.05) is 13.8 Å². The zero-order valence-electron chi connectivity index (χ0n) is 17.1. The van der Waals surface area contributed by atoms with Crippen LogP contribution in [0.2, 0.25) is 0 Å². The van der Waals surface area contributed by atoms with Gasteiger partial charge in [-0.1, -0.05) is 19.0 Å². The Morgan fingerprint density at radius 2 is 2.00 bits per heavy atom. The molecule has 1 aliphatic rings. The van der Waals surface area contributed by atoms with Crippen molar-refractivity contribution in [3.63, 3.8) is 0 Å². The summed E-state index contributed by atoms with van der Waals surface area (Å²) >= 11 is 0. The Kier molecular flexibility index (Phi) is 5.28. The number of aromatic nitrogens is 5. The number of alkyl halides is 3. The van der Waals surface area contributed by atoms with Crippen molar-refractivity contribution in [2.45, 2.75) is 51.7 Å². The Morgan fingerprint density at radius 3 is 2.58 bits per heavy atom. The van der Waals surface area contributed by atoms with E-state index in [9.17, 15) is 18.0 Å². The van der Waals surface area contributed by atoms with Crippen molar-refractivity contribution in [2.75, 3.05) is 0 Å². The molecule has 4 rings (SSSR count). The van der Waals surface area contributed by atoms with E-state index in [1.54, 1.807) is 6.92 Å². The predicted molar refractivity (Wildman–Crippen MR) is 102 cm³/mol. The van der Waals surface area contributed by atoms with Crippen molar-refractivity contribution in [3.8, 4) is 5.82 Å². The Hall–Kier alpha value is -3.24. The number of hydrogen-bond donors (Lipinski definition) is 1. The molecular weight excluding hydrogens is 413 g/mol. The molecule has 1 N–H and O–H groups in total. The zero-order chi connectivity index (χ0) is 22.3. The van der Waals surface area contributed by atoms with Crippen LogP contribution in [0.3, 0.4) is 0 Å². The quantitative estimate of drug-likeness (QED) is 0.630. The summed E-state index contributed by atoms with van der Waals surface area (Å²) in [7, 11) is 0. The van der Waals surface area contributed by atoms with E-state index in [0.29, 0.717) is 23.3 Å². The van der Waals surface area contributed by atoms with Crippen LogP contribution in [0.5, 0.6) is 0 Å². The molecule has 1 saturated carbocycles. The second-order valence-corrected chi connectivity index (χ2v) is 7.92. The van der Waals surface area contributed by atoms with Gasteiger partial charge in [-0.3, -0.25) is 4.79 Å². The summed E-state index contributed by atoms with van der Waals surface area (Å²) in [5.41, 5.74) is -0.144. The van der Waals surface area contributed by atoms with Crippen LogP contribution in [0, 0.1) is 12.8 Å². The summed E-state index contributed by atoms with van der Waals surface area (Å²) < 4.78 is 45.0. The van der Waals surface area contributed by atoms with Gasteiger partial charge in [0.25, 0.3) is 5.91 Å². The average molecular weight is 434 g/mol. The average Bonchev–Trinajstić information content (AvgIpc) is 3.32. The van der Waals surface area contributed by atoms with Gasteiger partial charge in [0.05, 0.1) is 23.0 Å². The first-order chi connectivity index (χ1) is 14.6. The van der Waals surface area contributed by atoms with Gasteiger partial charge in [-0.25, -0.2) is 9.67 Å². The van der Waals surface area contributed by atoms with Gasteiger partial charge in [-0.05, 0) is 37.8 Å². The summed E-state index contributed by atoms with van der Waals surface area (Å²) in [5, 5.41) is 11.0. The molecule has 0 aromatic carbocycles. The van der Waals surface area contributed by atoms with Crippen LogP contribution in [-0.4, -0.2) is 30.8 Å². The van der Waals surface area contributed by atoms with Crippen molar-refractivity contribution in [1.29, 1.82) is 0 Å². The van der Waals surface area contributed by atoms with Crippen LogP contribution >= 0.6 is 0 Å². The molecule has 0 spiro atoms. The Bertz CT molecular complexity index is 1080. The van der Waals surface area contributed by atoms with Crippen LogP contribution < -0.4 is 5.32 Å². The van der Waals surface area contributed by atoms with E-state index in [-0.39, 0.29) is 17.3 Å². The number of nitrogens with one attached hydrogen (secondary N) is 1. The minimum absolute atomic E-state index is 0.0108. The van der Waals surface area contributed by atoms with Crippen LogP contribution in [0.15, 0.2) is 29.0 Å². The maximum absolute atomic E-state index is 12.9. The molecule has 0 radical (unpaired) electrons. The molecule has 1 atom stereocenters. The number of hydrogen-bond acceptors (Lipinski definition) is 6. The van der Waals surface area contributed by atoms with Crippen molar-refractivity contribution in [3.05, 3.63) is 53.1 Å². The predicted octanol–water partition coefficient (Wildman–Crippen LogP) is 3.98. The van der Waals surface area contributed by atoms with Gasteiger partial charge >= 0.3 is 6.18 Å². The molecule has 0 saturated heterocycles. The molecule has 31 heavy (non-hydrogen) atoms. The number of halogens is 3. The molecule has 1 fully saturated rings. The van der Waals surface area contributed by atoms with Gasteiger partial charge in [0.1, 0.15) is 6.04 Å². The SMILES string of the molecule is Cc1c(C(=O)NC(c2nc(C3CC3)no2)C(C)C)cnn1-c1ccc(C(F)(F)F)cn1. The number of pyridine rings is 1. The number of rotatable bonds is 6. The third kappa shape index (κ3) is 4.30. The second-order valence-electron chi connectivity index (χ2n) is 7.92. The van der Waals surface area contributed by atoms with Crippen LogP contribution in [0.4, 0.5) is 13.2 Å². The molecule has 3 aromatic heterocycles. The Balaban J connectivity index is 1.53. The smallest absolute Gasteiger partial charge is 0.340 e. The highest BCUT2D eigenvalue weighted by molar-refractivity contribution is 5.95. The molecule has 1 aliphatic carbocycles. The molecule has 164 valence electrons. The maximum Gasteiger partial charge on any atom is 0.417 e. The van der Waals surface area contributed by atoms with Crippen molar-refractivity contribution in [1.82, 2.24) is 30.2 Å². The van der Waals surface area contributed by atoms with E-state index in [4.69, 9.17) is 4.52 Å². The monoisotopic (exact) mass is 434 g/mol. The zero-order valence-corrected chi connectivity index (χ0v) is 17.1. The first-order valence-electron chi connectivity index (χ1n) is 9.87. The number of carbonyl (C=O) groups is 1. The van der Waals surface area contributed by atoms with Crippen LogP contribution in [-0.2, 0) is 6.18 Å². The maximum atomic E-state index is 12.9. The van der Waals surface area contributed by atoms with Gasteiger partial charge in [-0.2, -0.15) is 23.3 Å². The fourth-order valence-corrected chi connectivity index (χ4v) is 3.16. The molecule has 11 heteroatoms. The lowest BCUT2D eigenvalue weighted by molar-refractivity contribution is -0.137. The first-order valence-corrected chi connectivity index (χ1v) is 9.87. The second kappa shape index (κ2) is 7.78. The van der Waals surface area contributed by atoms with Crippen LogP contribution in [0.1, 0.15) is 72.0 Å². The lowest BCUT2D eigenvalue weighted by atomic mass is 10.0. The topological polar surface area (TPSA) is 98.7 Å². The van der Waals surface area contributed by atoms with E-state index in [2.05, 4.69) is 25.5 Å². The molecule has 8 nitrogen and oxygen atoms in total. The highest BCUT2D eigenvalue weighted by Gasteiger charge is 2.33. The van der Waals surface area contributed by atoms with Gasteiger partial charge in [-0.15, -0.1) is 0 Å². The van der Waals surface area contributed by atoms with Gasteiger partial charge in [0.2, 0.25) is 5.89 Å². The number of amides is 1. The molecule has 1 amide bonds. The van der Waals surface area contributed by atoms with Crippen molar-refractivity contribution >= 4 is 5.91 Å². The highest BCUT2D eigenvalue weighted by atomic mass is 19.4. The standard InChI is InChI=1S/C20H21F3N6O2/c1-10(2)16(19-27-17(28-31-19)12-4-5-12)26-18(30)14-9-25-29(11(14)3)15-7-6-13(8-24-15)20(21,22)23/h6-10,12,16H,4-5H2,1-3H3,(H,26,30). The summed E-state index contributed by atoms with van der Waals surface area (Å²) in [6.07, 6.45) is -0.319. The Morgan fingerprint density at radius 1 is 1.26 bits per heavy atom. The third-order valence-electron chi connectivity index (χ3n) is 5.17. The van der Waals surface area contributed by atoms with E-state index >= 15 is 0 Å². The van der Waals surface area contributed by atoms with Crippen molar-refractivity contribution < 1.29 is 22.5 Å². The number of nitrogens with zero attached hydrogens (tertiary/aromatic N) is 5. The first kappa shape index (κ1) is 21.0. The molecule has 3 aromatic rings. The summed E-state index contributed by atoms with van der Waals surface area (Å²) in [5.74, 6) is 1.10. The minimum atomic E-state index is -4.48. The number of carbonyl (C=O) groups excluding carboxylic acids is 1. The fourth-order valence-electron chi connectivity index (χ4n) is 3.16. The lowest BCUT2D eigenvalue weighted by Gasteiger charge is -2.18. The largest absolute Gasteiger partial charge is 0.417 e. The van der Waals surface area contributed by atoms with Crippen molar-refractivity contribution in [2.24, 2.45) is 5.92 Å². The van der Waals surface area contributed by atoms with E-state index in [0.717, 1.165) is 25.1 Å². The van der Waals surface area contributed by atoms with Gasteiger partial charge < -0.3 is 9.84 Å². The minimum Gasteiger partial charge on any atom is -0.340 e. The normalized spacial score (nSPS) is 15.3. The summed E-state index contributed by atoms with van der Waals surface area (Å²) in [6.45, 7) is 5.49. The van der Waals surface area contributed by atoms with Gasteiger partial charge in [0, 0.05) is 12.1 Å². The highest BCUT2D eigenvalue weighted by Crippen LogP contribution is 2.38. The Labute approximate surface area is 175 Å². The van der Waals surface area contributed by atoms with Gasteiger partial charge in [0.15, 0.2) is 11.6 Å². The molecule has 0 aliphatic heterocycles. The lowest BCUT2D eigenvalue weighted by Crippen LogP contribution is -2.32. The molecule has 1 unspecified atom stereocenters. The van der Waals surface area contributed by atoms with Crippen LogP contribution in [0.25, 0.3) is 5.82 Å². The third-order valence-corrected chi connectivity index (χ3v) is 5.17. The molecule has 3 heterocycles.